The molecular formula is C8H14F2O2. The molecule has 0 aliphatic rings. The molecule has 0 aromatic carbocycles. The number of ether oxygens (including phenoxy) is 2. The second kappa shape index (κ2) is 6.08. The lowest BCUT2D eigenvalue weighted by molar-refractivity contribution is -0.225. The first-order chi connectivity index (χ1) is 5.56. The smallest absolute Gasteiger partial charge is 0.352 e. The van der Waals surface area contributed by atoms with Crippen LogP contribution in [0, 0.1) is 0 Å². The van der Waals surface area contributed by atoms with Gasteiger partial charge in [0.25, 0.3) is 0 Å². The molecule has 0 aromatic heterocycles. The van der Waals surface area contributed by atoms with E-state index in [1.165, 1.54) is 0 Å². The topological polar surface area (TPSA) is 18.5 Å². The summed E-state index contributed by atoms with van der Waals surface area (Å²) in [7, 11) is 0. The standard InChI is InChI=1S/C8H14F2O2/c1-3-5-11-6-4-7-12-8(2,9)10/h3H,1,4-7H2,2H3. The van der Waals surface area contributed by atoms with Crippen LogP contribution in [0.15, 0.2) is 12.7 Å². The molecule has 0 saturated heterocycles. The van der Waals surface area contributed by atoms with Crippen LogP contribution in [0.4, 0.5) is 8.78 Å². The third-order valence-electron chi connectivity index (χ3n) is 1.02. The molecular weight excluding hydrogens is 166 g/mol. The van der Waals surface area contributed by atoms with E-state index in [1.807, 2.05) is 0 Å². The Bertz CT molecular complexity index is 121. The summed E-state index contributed by atoms with van der Waals surface area (Å²) in [5.74, 6) is 0. The normalized spacial score (nSPS) is 11.6. The first-order valence-corrected chi connectivity index (χ1v) is 3.76. The predicted molar refractivity (Wildman–Crippen MR) is 42.2 cm³/mol. The molecule has 12 heavy (non-hydrogen) atoms. The molecule has 0 bridgehead atoms. The van der Waals surface area contributed by atoms with E-state index >= 15 is 0 Å². The highest BCUT2D eigenvalue weighted by Gasteiger charge is 2.20. The summed E-state index contributed by atoms with van der Waals surface area (Å²) in [6, 6.07) is 0. The van der Waals surface area contributed by atoms with Crippen molar-refractivity contribution in [1.82, 2.24) is 0 Å². The molecule has 0 atom stereocenters. The van der Waals surface area contributed by atoms with Crippen molar-refractivity contribution in [2.45, 2.75) is 19.5 Å². The molecule has 0 radical (unpaired) electrons. The fraction of sp³-hybridized carbons (Fsp3) is 0.750. The second-order valence-electron chi connectivity index (χ2n) is 2.37. The molecule has 0 unspecified atom stereocenters. The van der Waals surface area contributed by atoms with E-state index < -0.39 is 6.11 Å². The van der Waals surface area contributed by atoms with Gasteiger partial charge in [-0.05, 0) is 6.42 Å². The highest BCUT2D eigenvalue weighted by molar-refractivity contribution is 4.63. The van der Waals surface area contributed by atoms with Gasteiger partial charge < -0.3 is 9.47 Å². The highest BCUT2D eigenvalue weighted by atomic mass is 19.3. The Morgan fingerprint density at radius 1 is 1.42 bits per heavy atom. The van der Waals surface area contributed by atoms with Crippen molar-refractivity contribution in [3.05, 3.63) is 12.7 Å². The van der Waals surface area contributed by atoms with Crippen molar-refractivity contribution in [3.8, 4) is 0 Å². The Morgan fingerprint density at radius 3 is 2.58 bits per heavy atom. The van der Waals surface area contributed by atoms with Gasteiger partial charge >= 0.3 is 6.11 Å². The van der Waals surface area contributed by atoms with Gasteiger partial charge in [0.1, 0.15) is 0 Å². The summed E-state index contributed by atoms with van der Waals surface area (Å²) < 4.78 is 33.2. The van der Waals surface area contributed by atoms with Crippen LogP contribution < -0.4 is 0 Å². The van der Waals surface area contributed by atoms with E-state index in [1.54, 1.807) is 6.08 Å². The maximum atomic E-state index is 12.0. The maximum Gasteiger partial charge on any atom is 0.352 e. The lowest BCUT2D eigenvalue weighted by Gasteiger charge is -2.10. The minimum Gasteiger partial charge on any atom is -0.377 e. The van der Waals surface area contributed by atoms with Crippen LogP contribution in [-0.4, -0.2) is 25.9 Å². The molecule has 0 aliphatic carbocycles. The second-order valence-corrected chi connectivity index (χ2v) is 2.37. The predicted octanol–water partition coefficient (Wildman–Crippen LogP) is 2.21. The molecule has 0 rings (SSSR count). The summed E-state index contributed by atoms with van der Waals surface area (Å²) in [6.07, 6.45) is -0.953. The lowest BCUT2D eigenvalue weighted by atomic mass is 10.5. The monoisotopic (exact) mass is 180 g/mol. The SMILES string of the molecule is C=CCOCCCOC(C)(F)F. The number of hydrogen-bond donors (Lipinski definition) is 0. The highest BCUT2D eigenvalue weighted by Crippen LogP contribution is 2.12. The summed E-state index contributed by atoms with van der Waals surface area (Å²) in [5, 5.41) is 0. The minimum atomic E-state index is -3.03. The Labute approximate surface area is 71.2 Å². The molecule has 72 valence electrons. The molecule has 0 fully saturated rings. The van der Waals surface area contributed by atoms with Crippen LogP contribution >= 0.6 is 0 Å². The van der Waals surface area contributed by atoms with Gasteiger partial charge in [0.2, 0.25) is 0 Å². The van der Waals surface area contributed by atoms with Crippen molar-refractivity contribution in [1.29, 1.82) is 0 Å². The van der Waals surface area contributed by atoms with Crippen molar-refractivity contribution in [2.24, 2.45) is 0 Å². The summed E-state index contributed by atoms with van der Waals surface area (Å²) in [4.78, 5) is 0. The Kier molecular flexibility index (Phi) is 5.84. The van der Waals surface area contributed by atoms with Crippen LogP contribution in [0.25, 0.3) is 0 Å². The number of rotatable bonds is 7. The zero-order valence-corrected chi connectivity index (χ0v) is 7.19. The summed E-state index contributed by atoms with van der Waals surface area (Å²) in [5.41, 5.74) is 0. The quantitative estimate of drug-likeness (QED) is 0.441. The van der Waals surface area contributed by atoms with Crippen molar-refractivity contribution in [3.63, 3.8) is 0 Å². The Balaban J connectivity index is 3.06. The molecule has 0 heterocycles. The van der Waals surface area contributed by atoms with Crippen molar-refractivity contribution < 1.29 is 18.3 Å². The number of hydrogen-bond acceptors (Lipinski definition) is 2. The van der Waals surface area contributed by atoms with Crippen LogP contribution in [0.2, 0.25) is 0 Å². The molecule has 0 saturated carbocycles. The van der Waals surface area contributed by atoms with E-state index in [0.29, 0.717) is 19.6 Å². The third-order valence-corrected chi connectivity index (χ3v) is 1.02. The molecule has 4 heteroatoms. The van der Waals surface area contributed by atoms with Gasteiger partial charge in [-0.3, -0.25) is 0 Å². The van der Waals surface area contributed by atoms with Crippen LogP contribution in [0.3, 0.4) is 0 Å². The van der Waals surface area contributed by atoms with Crippen LogP contribution in [0.5, 0.6) is 0 Å². The molecule has 0 spiro atoms. The summed E-state index contributed by atoms with van der Waals surface area (Å²) in [6.45, 7) is 5.04. The van der Waals surface area contributed by atoms with Gasteiger partial charge in [0.05, 0.1) is 13.2 Å². The van der Waals surface area contributed by atoms with Gasteiger partial charge in [-0.15, -0.1) is 6.58 Å². The molecule has 0 N–H and O–H groups in total. The maximum absolute atomic E-state index is 12.0. The van der Waals surface area contributed by atoms with Gasteiger partial charge in [-0.25, -0.2) is 0 Å². The fourth-order valence-corrected chi connectivity index (χ4v) is 0.579. The lowest BCUT2D eigenvalue weighted by Crippen LogP contribution is -2.16. The number of halogens is 2. The largest absolute Gasteiger partial charge is 0.377 e. The van der Waals surface area contributed by atoms with Gasteiger partial charge in [0.15, 0.2) is 0 Å². The Morgan fingerprint density at radius 2 is 2.08 bits per heavy atom. The van der Waals surface area contributed by atoms with E-state index in [9.17, 15) is 8.78 Å². The summed E-state index contributed by atoms with van der Waals surface area (Å²) >= 11 is 0. The number of alkyl halides is 2. The molecule has 2 nitrogen and oxygen atoms in total. The third kappa shape index (κ3) is 9.52. The zero-order chi connectivity index (χ0) is 9.45. The van der Waals surface area contributed by atoms with Gasteiger partial charge in [0, 0.05) is 13.5 Å². The molecule has 0 aliphatic heterocycles. The first-order valence-electron chi connectivity index (χ1n) is 3.76. The van der Waals surface area contributed by atoms with Crippen molar-refractivity contribution in [2.75, 3.05) is 19.8 Å². The van der Waals surface area contributed by atoms with Crippen LogP contribution in [0.1, 0.15) is 13.3 Å². The Hall–Kier alpha value is -0.480. The van der Waals surface area contributed by atoms with Gasteiger partial charge in [-0.1, -0.05) is 6.08 Å². The molecule has 0 aromatic rings. The van der Waals surface area contributed by atoms with E-state index in [-0.39, 0.29) is 6.61 Å². The van der Waals surface area contributed by atoms with E-state index in [2.05, 4.69) is 11.3 Å². The average Bonchev–Trinajstić information content (AvgIpc) is 1.94. The first kappa shape index (κ1) is 11.5. The van der Waals surface area contributed by atoms with Crippen molar-refractivity contribution >= 4 is 0 Å². The van der Waals surface area contributed by atoms with Gasteiger partial charge in [-0.2, -0.15) is 8.78 Å². The van der Waals surface area contributed by atoms with Crippen LogP contribution in [-0.2, 0) is 9.47 Å². The minimum absolute atomic E-state index is 0.0145. The fourth-order valence-electron chi connectivity index (χ4n) is 0.579. The van der Waals surface area contributed by atoms with E-state index in [0.717, 1.165) is 6.92 Å². The zero-order valence-electron chi connectivity index (χ0n) is 7.19. The molecule has 0 amide bonds. The average molecular weight is 180 g/mol. The van der Waals surface area contributed by atoms with E-state index in [4.69, 9.17) is 4.74 Å².